The van der Waals surface area contributed by atoms with Crippen LogP contribution < -0.4 is 4.73 Å². The number of ether oxygens (including phenoxy) is 1. The van der Waals surface area contributed by atoms with Gasteiger partial charge in [0.1, 0.15) is 5.01 Å². The largest absolute Gasteiger partial charge is 0.619 e. The Hall–Kier alpha value is -1.46. The molecule has 4 nitrogen and oxygen atoms in total. The van der Waals surface area contributed by atoms with Crippen LogP contribution in [0.5, 0.6) is 0 Å². The maximum Gasteiger partial charge on any atom is 0.193 e. The first kappa shape index (κ1) is 14.9. The fraction of sp³-hybridized carbons (Fsp3) is 0.467. The fourth-order valence-electron chi connectivity index (χ4n) is 1.73. The van der Waals surface area contributed by atoms with Gasteiger partial charge in [0, 0.05) is 30.3 Å². The van der Waals surface area contributed by atoms with Gasteiger partial charge in [-0.15, -0.1) is 11.3 Å². The van der Waals surface area contributed by atoms with Crippen LogP contribution in [-0.2, 0) is 17.8 Å². The minimum absolute atomic E-state index is 0.165. The summed E-state index contributed by atoms with van der Waals surface area (Å²) in [6.45, 7) is 8.57. The fourth-order valence-corrected chi connectivity index (χ4v) is 2.56. The molecule has 0 saturated heterocycles. The molecule has 2 aromatic rings. The van der Waals surface area contributed by atoms with Gasteiger partial charge in [0.2, 0.25) is 0 Å². The topological polar surface area (TPSA) is 49.1 Å². The molecule has 0 amide bonds. The van der Waals surface area contributed by atoms with E-state index in [0.29, 0.717) is 6.61 Å². The maximum atomic E-state index is 11.5. The minimum Gasteiger partial charge on any atom is -0.619 e. The number of rotatable bonds is 4. The Bertz CT molecular complexity index is 588. The van der Waals surface area contributed by atoms with Gasteiger partial charge in [-0.2, -0.15) is 4.73 Å². The van der Waals surface area contributed by atoms with E-state index in [9.17, 15) is 5.21 Å². The van der Waals surface area contributed by atoms with Crippen molar-refractivity contribution >= 4 is 11.3 Å². The minimum atomic E-state index is -0.165. The third-order valence-electron chi connectivity index (χ3n) is 2.82. The molecule has 5 heteroatoms. The monoisotopic (exact) mass is 292 g/mol. The first-order chi connectivity index (χ1) is 9.39. The molecular formula is C15H20N2O2S. The van der Waals surface area contributed by atoms with Crippen LogP contribution in [0.15, 0.2) is 24.5 Å². The van der Waals surface area contributed by atoms with Crippen molar-refractivity contribution in [3.05, 3.63) is 40.4 Å². The zero-order valence-electron chi connectivity index (χ0n) is 12.3. The van der Waals surface area contributed by atoms with E-state index in [0.717, 1.165) is 32.3 Å². The van der Waals surface area contributed by atoms with Crippen LogP contribution in [-0.4, -0.2) is 10.6 Å². The zero-order chi connectivity index (χ0) is 14.8. The second-order valence-corrected chi connectivity index (χ2v) is 6.72. The lowest BCUT2D eigenvalue weighted by Crippen LogP contribution is -2.30. The Labute approximate surface area is 123 Å². The van der Waals surface area contributed by atoms with Gasteiger partial charge < -0.3 is 9.94 Å². The first-order valence-corrected chi connectivity index (χ1v) is 7.52. The van der Waals surface area contributed by atoms with Crippen LogP contribution in [0.3, 0.4) is 0 Å². The Morgan fingerprint density at radius 2 is 2.15 bits per heavy atom. The van der Waals surface area contributed by atoms with Gasteiger partial charge in [0.05, 0.1) is 17.1 Å². The lowest BCUT2D eigenvalue weighted by Gasteiger charge is -2.18. The van der Waals surface area contributed by atoms with Crippen molar-refractivity contribution in [2.24, 2.45) is 0 Å². The molecule has 0 saturated carbocycles. The van der Waals surface area contributed by atoms with Crippen LogP contribution in [0.1, 0.15) is 38.4 Å². The highest BCUT2D eigenvalue weighted by atomic mass is 32.1. The summed E-state index contributed by atoms with van der Waals surface area (Å²) in [5.41, 5.74) is 1.64. The van der Waals surface area contributed by atoms with Gasteiger partial charge in [-0.3, -0.25) is 0 Å². The van der Waals surface area contributed by atoms with Gasteiger partial charge >= 0.3 is 0 Å². The number of nitrogens with zero attached hydrogens (tertiary/aromatic N) is 2. The zero-order valence-corrected chi connectivity index (χ0v) is 13.2. The van der Waals surface area contributed by atoms with Gasteiger partial charge in [-0.25, -0.2) is 4.98 Å². The molecule has 2 aromatic heterocycles. The molecule has 2 heterocycles. The molecule has 0 spiro atoms. The Morgan fingerprint density at radius 1 is 1.40 bits per heavy atom. The first-order valence-electron chi connectivity index (χ1n) is 6.70. The van der Waals surface area contributed by atoms with E-state index >= 15 is 0 Å². The van der Waals surface area contributed by atoms with E-state index in [1.165, 1.54) is 0 Å². The molecular weight excluding hydrogens is 272 g/mol. The van der Waals surface area contributed by atoms with E-state index in [4.69, 9.17) is 4.74 Å². The molecule has 0 N–H and O–H groups in total. The van der Waals surface area contributed by atoms with E-state index in [-0.39, 0.29) is 5.60 Å². The number of hydrogen-bond donors (Lipinski definition) is 0. The molecule has 0 radical (unpaired) electrons. The average molecular weight is 292 g/mol. The molecule has 0 atom stereocenters. The van der Waals surface area contributed by atoms with Gasteiger partial charge in [0.25, 0.3) is 0 Å². The number of aromatic nitrogens is 2. The molecule has 0 bridgehead atoms. The average Bonchev–Trinajstić information content (AvgIpc) is 2.85. The molecule has 0 aliphatic carbocycles. The third-order valence-corrected chi connectivity index (χ3v) is 3.84. The van der Waals surface area contributed by atoms with E-state index in [1.54, 1.807) is 17.5 Å². The standard InChI is InChI=1S/C15H20N2O2S/c1-5-12-8-11(6-7-17(12)18)13-9-16-14(20-13)10-19-15(2,3)4/h6-9H,5,10H2,1-4H3. The maximum absolute atomic E-state index is 11.5. The van der Waals surface area contributed by atoms with Crippen LogP contribution in [0.25, 0.3) is 10.4 Å². The van der Waals surface area contributed by atoms with E-state index in [2.05, 4.69) is 4.98 Å². The van der Waals surface area contributed by atoms with Gasteiger partial charge in [0.15, 0.2) is 11.9 Å². The number of aryl methyl sites for hydroxylation is 1. The summed E-state index contributed by atoms with van der Waals surface area (Å²) in [6, 6.07) is 3.75. The SMILES string of the molecule is CCc1cc(-c2cnc(COC(C)(C)C)s2)cc[n+]1[O-]. The van der Waals surface area contributed by atoms with Gasteiger partial charge in [-0.05, 0) is 20.8 Å². The summed E-state index contributed by atoms with van der Waals surface area (Å²) < 4.78 is 6.63. The summed E-state index contributed by atoms with van der Waals surface area (Å²) in [7, 11) is 0. The third kappa shape index (κ3) is 3.77. The Kier molecular flexibility index (Phi) is 4.40. The predicted molar refractivity (Wildman–Crippen MR) is 80.4 cm³/mol. The lowest BCUT2D eigenvalue weighted by molar-refractivity contribution is -0.613. The highest BCUT2D eigenvalue weighted by Crippen LogP contribution is 2.27. The predicted octanol–water partition coefficient (Wildman–Crippen LogP) is 3.32. The van der Waals surface area contributed by atoms with Crippen LogP contribution in [0, 0.1) is 5.21 Å². The highest BCUT2D eigenvalue weighted by Gasteiger charge is 2.13. The summed E-state index contributed by atoms with van der Waals surface area (Å²) >= 11 is 1.60. The van der Waals surface area contributed by atoms with Crippen LogP contribution >= 0.6 is 11.3 Å². The molecule has 2 rings (SSSR count). The molecule has 108 valence electrons. The highest BCUT2D eigenvalue weighted by molar-refractivity contribution is 7.15. The Balaban J connectivity index is 2.16. The van der Waals surface area contributed by atoms with E-state index < -0.39 is 0 Å². The van der Waals surface area contributed by atoms with Crippen molar-refractivity contribution in [2.75, 3.05) is 0 Å². The van der Waals surface area contributed by atoms with Crippen molar-refractivity contribution in [1.82, 2.24) is 4.98 Å². The summed E-state index contributed by atoms with van der Waals surface area (Å²) in [4.78, 5) is 5.44. The molecule has 0 aliphatic heterocycles. The lowest BCUT2D eigenvalue weighted by atomic mass is 10.2. The summed E-state index contributed by atoms with van der Waals surface area (Å²) in [5, 5.41) is 12.5. The van der Waals surface area contributed by atoms with E-state index in [1.807, 2.05) is 46.0 Å². The normalized spacial score (nSPS) is 11.8. The summed E-state index contributed by atoms with van der Waals surface area (Å²) in [6.07, 6.45) is 4.12. The molecule has 0 aromatic carbocycles. The van der Waals surface area contributed by atoms with Crippen molar-refractivity contribution < 1.29 is 9.47 Å². The van der Waals surface area contributed by atoms with Gasteiger partial charge in [-0.1, -0.05) is 6.92 Å². The smallest absolute Gasteiger partial charge is 0.193 e. The number of thiazole rings is 1. The van der Waals surface area contributed by atoms with Crippen molar-refractivity contribution in [3.8, 4) is 10.4 Å². The number of pyridine rings is 1. The summed E-state index contributed by atoms with van der Waals surface area (Å²) in [5.74, 6) is 0. The molecule has 0 aliphatic rings. The van der Waals surface area contributed by atoms with Crippen LogP contribution in [0.2, 0.25) is 0 Å². The second kappa shape index (κ2) is 5.89. The van der Waals surface area contributed by atoms with Crippen LogP contribution in [0.4, 0.5) is 0 Å². The second-order valence-electron chi connectivity index (χ2n) is 5.61. The molecule has 0 unspecified atom stereocenters. The Morgan fingerprint density at radius 3 is 2.80 bits per heavy atom. The quantitative estimate of drug-likeness (QED) is 0.641. The number of hydrogen-bond acceptors (Lipinski definition) is 4. The van der Waals surface area contributed by atoms with Crippen molar-refractivity contribution in [1.29, 1.82) is 0 Å². The van der Waals surface area contributed by atoms with Crippen molar-refractivity contribution in [2.45, 2.75) is 46.3 Å². The van der Waals surface area contributed by atoms with Crippen molar-refractivity contribution in [3.63, 3.8) is 0 Å². The molecule has 20 heavy (non-hydrogen) atoms. The molecule has 0 fully saturated rings.